The van der Waals surface area contributed by atoms with Gasteiger partial charge in [0.15, 0.2) is 11.6 Å². The smallest absolute Gasteiger partial charge is 0.165 e. The van der Waals surface area contributed by atoms with Crippen LogP contribution in [0.4, 0.5) is 8.78 Å². The van der Waals surface area contributed by atoms with Crippen molar-refractivity contribution in [3.63, 3.8) is 0 Å². The Bertz CT molecular complexity index is 588. The third-order valence-electron chi connectivity index (χ3n) is 2.50. The third kappa shape index (κ3) is 3.44. The Morgan fingerprint density at radius 1 is 1.05 bits per heavy atom. The molecule has 0 spiro atoms. The Kier molecular flexibility index (Phi) is 4.37. The van der Waals surface area contributed by atoms with E-state index in [1.165, 1.54) is 37.4 Å². The lowest BCUT2D eigenvalue weighted by atomic mass is 10.2. The molecule has 0 aromatic heterocycles. The molecule has 0 aliphatic carbocycles. The molecule has 19 heavy (non-hydrogen) atoms. The van der Waals surface area contributed by atoms with Crippen molar-refractivity contribution < 1.29 is 18.3 Å². The lowest BCUT2D eigenvalue weighted by molar-refractivity contribution is 0.302. The first-order chi connectivity index (χ1) is 9.10. The molecule has 0 aliphatic rings. The standard InChI is InChI=1S/C14H11BrF2O2/c1-18-14-4-2-9(6-12(14)17)8-19-13-5-3-10(16)7-11(13)15/h2-7H,8H2,1H3. The van der Waals surface area contributed by atoms with Gasteiger partial charge in [0.05, 0.1) is 11.6 Å². The number of hydrogen-bond acceptors (Lipinski definition) is 2. The second kappa shape index (κ2) is 6.02. The van der Waals surface area contributed by atoms with Gasteiger partial charge >= 0.3 is 0 Å². The number of ether oxygens (including phenoxy) is 2. The van der Waals surface area contributed by atoms with Gasteiger partial charge in [0.25, 0.3) is 0 Å². The molecule has 2 aromatic rings. The summed E-state index contributed by atoms with van der Waals surface area (Å²) in [6.45, 7) is 0.186. The number of halogens is 3. The topological polar surface area (TPSA) is 18.5 Å². The van der Waals surface area contributed by atoms with Gasteiger partial charge in [-0.3, -0.25) is 0 Å². The Balaban J connectivity index is 2.08. The van der Waals surface area contributed by atoms with E-state index in [0.717, 1.165) is 0 Å². The maximum atomic E-state index is 13.5. The highest BCUT2D eigenvalue weighted by Crippen LogP contribution is 2.26. The summed E-state index contributed by atoms with van der Waals surface area (Å²) in [7, 11) is 1.41. The fraction of sp³-hybridized carbons (Fsp3) is 0.143. The lowest BCUT2D eigenvalue weighted by Crippen LogP contribution is -1.98. The first-order valence-electron chi connectivity index (χ1n) is 5.50. The summed E-state index contributed by atoms with van der Waals surface area (Å²) < 4.78 is 37.2. The van der Waals surface area contributed by atoms with E-state index < -0.39 is 5.82 Å². The van der Waals surface area contributed by atoms with Crippen LogP contribution in [-0.4, -0.2) is 7.11 Å². The van der Waals surface area contributed by atoms with Crippen LogP contribution >= 0.6 is 15.9 Å². The SMILES string of the molecule is COc1ccc(COc2ccc(F)cc2Br)cc1F. The number of hydrogen-bond donors (Lipinski definition) is 0. The van der Waals surface area contributed by atoms with Gasteiger partial charge in [0.2, 0.25) is 0 Å². The highest BCUT2D eigenvalue weighted by atomic mass is 79.9. The number of methoxy groups -OCH3 is 1. The van der Waals surface area contributed by atoms with E-state index in [-0.39, 0.29) is 18.2 Å². The third-order valence-corrected chi connectivity index (χ3v) is 3.12. The second-order valence-electron chi connectivity index (χ2n) is 3.83. The van der Waals surface area contributed by atoms with Gasteiger partial charge in [-0.1, -0.05) is 6.07 Å². The Morgan fingerprint density at radius 3 is 2.42 bits per heavy atom. The van der Waals surface area contributed by atoms with Gasteiger partial charge in [-0.2, -0.15) is 0 Å². The monoisotopic (exact) mass is 328 g/mol. The van der Waals surface area contributed by atoms with Gasteiger partial charge in [-0.25, -0.2) is 8.78 Å². The molecule has 100 valence electrons. The molecule has 2 aromatic carbocycles. The molecule has 2 nitrogen and oxygen atoms in total. The zero-order chi connectivity index (χ0) is 13.8. The number of benzene rings is 2. The van der Waals surface area contributed by atoms with Gasteiger partial charge in [-0.15, -0.1) is 0 Å². The van der Waals surface area contributed by atoms with E-state index in [4.69, 9.17) is 9.47 Å². The minimum Gasteiger partial charge on any atom is -0.494 e. The zero-order valence-electron chi connectivity index (χ0n) is 10.1. The molecule has 0 saturated carbocycles. The average Bonchev–Trinajstić information content (AvgIpc) is 2.38. The van der Waals surface area contributed by atoms with Crippen molar-refractivity contribution in [2.75, 3.05) is 7.11 Å². The minimum atomic E-state index is -0.443. The molecule has 0 bridgehead atoms. The zero-order valence-corrected chi connectivity index (χ0v) is 11.7. The first kappa shape index (κ1) is 13.8. The summed E-state index contributed by atoms with van der Waals surface area (Å²) in [5.41, 5.74) is 0.662. The Morgan fingerprint density at radius 2 is 1.79 bits per heavy atom. The fourth-order valence-electron chi connectivity index (χ4n) is 1.55. The van der Waals surface area contributed by atoms with Gasteiger partial charge in [0, 0.05) is 0 Å². The largest absolute Gasteiger partial charge is 0.494 e. The highest BCUT2D eigenvalue weighted by Gasteiger charge is 2.06. The molecule has 0 unspecified atom stereocenters. The van der Waals surface area contributed by atoms with Gasteiger partial charge in [0.1, 0.15) is 18.2 Å². The second-order valence-corrected chi connectivity index (χ2v) is 4.69. The molecule has 0 heterocycles. The molecule has 0 saturated heterocycles. The normalized spacial score (nSPS) is 10.3. The summed E-state index contributed by atoms with van der Waals surface area (Å²) in [4.78, 5) is 0. The van der Waals surface area contributed by atoms with Crippen molar-refractivity contribution in [3.8, 4) is 11.5 Å². The van der Waals surface area contributed by atoms with Crippen molar-refractivity contribution in [2.45, 2.75) is 6.61 Å². The van der Waals surface area contributed by atoms with Crippen molar-refractivity contribution >= 4 is 15.9 Å². The van der Waals surface area contributed by atoms with Crippen LogP contribution in [0.15, 0.2) is 40.9 Å². The van der Waals surface area contributed by atoms with Gasteiger partial charge in [-0.05, 0) is 51.8 Å². The Labute approximate surface area is 118 Å². The van der Waals surface area contributed by atoms with Crippen molar-refractivity contribution in [1.82, 2.24) is 0 Å². The van der Waals surface area contributed by atoms with Crippen LogP contribution in [0, 0.1) is 11.6 Å². The molecule has 5 heteroatoms. The molecule has 0 amide bonds. The first-order valence-corrected chi connectivity index (χ1v) is 6.29. The van der Waals surface area contributed by atoms with Gasteiger partial charge < -0.3 is 9.47 Å². The molecule has 2 rings (SSSR count). The van der Waals surface area contributed by atoms with E-state index in [2.05, 4.69) is 15.9 Å². The van der Waals surface area contributed by atoms with E-state index >= 15 is 0 Å². The molecule has 0 atom stereocenters. The molecular weight excluding hydrogens is 318 g/mol. The average molecular weight is 329 g/mol. The molecular formula is C14H11BrF2O2. The predicted octanol–water partition coefficient (Wildman–Crippen LogP) is 4.31. The van der Waals surface area contributed by atoms with Crippen LogP contribution in [0.3, 0.4) is 0 Å². The number of rotatable bonds is 4. The van der Waals surface area contributed by atoms with E-state index in [0.29, 0.717) is 15.8 Å². The summed E-state index contributed by atoms with van der Waals surface area (Å²) in [5.74, 6) is -0.110. The van der Waals surface area contributed by atoms with Crippen LogP contribution < -0.4 is 9.47 Å². The maximum absolute atomic E-state index is 13.5. The summed E-state index contributed by atoms with van der Waals surface area (Å²) in [6.07, 6.45) is 0. The van der Waals surface area contributed by atoms with Crippen LogP contribution in [0.25, 0.3) is 0 Å². The summed E-state index contributed by atoms with van der Waals surface area (Å²) >= 11 is 3.20. The van der Waals surface area contributed by atoms with E-state index in [1.807, 2.05) is 0 Å². The van der Waals surface area contributed by atoms with Crippen molar-refractivity contribution in [1.29, 1.82) is 0 Å². The molecule has 0 fully saturated rings. The van der Waals surface area contributed by atoms with E-state index in [1.54, 1.807) is 6.07 Å². The van der Waals surface area contributed by atoms with Crippen molar-refractivity contribution in [3.05, 3.63) is 58.1 Å². The Hall–Kier alpha value is -1.62. The summed E-state index contributed by atoms with van der Waals surface area (Å²) in [5, 5.41) is 0. The molecule has 0 N–H and O–H groups in total. The van der Waals surface area contributed by atoms with Crippen LogP contribution in [0.2, 0.25) is 0 Å². The van der Waals surface area contributed by atoms with Crippen LogP contribution in [0.1, 0.15) is 5.56 Å². The van der Waals surface area contributed by atoms with Crippen molar-refractivity contribution in [2.24, 2.45) is 0 Å². The van der Waals surface area contributed by atoms with E-state index in [9.17, 15) is 8.78 Å². The predicted molar refractivity (Wildman–Crippen MR) is 71.4 cm³/mol. The van der Waals surface area contributed by atoms with Crippen LogP contribution in [0.5, 0.6) is 11.5 Å². The summed E-state index contributed by atoms with van der Waals surface area (Å²) in [6, 6.07) is 8.71. The molecule has 0 radical (unpaired) electrons. The minimum absolute atomic E-state index is 0.186. The molecule has 0 aliphatic heterocycles. The highest BCUT2D eigenvalue weighted by molar-refractivity contribution is 9.10. The van der Waals surface area contributed by atoms with Crippen LogP contribution in [-0.2, 0) is 6.61 Å². The fourth-order valence-corrected chi connectivity index (χ4v) is 2.02. The maximum Gasteiger partial charge on any atom is 0.165 e. The quantitative estimate of drug-likeness (QED) is 0.832. The lowest BCUT2D eigenvalue weighted by Gasteiger charge is -2.09.